The molecule has 1 aliphatic carbocycles. The minimum atomic E-state index is -0.600. The molecule has 2 aliphatic rings. The van der Waals surface area contributed by atoms with Gasteiger partial charge in [0.2, 0.25) is 0 Å². The Labute approximate surface area is 148 Å². The third-order valence-corrected chi connectivity index (χ3v) is 5.19. The summed E-state index contributed by atoms with van der Waals surface area (Å²) in [6, 6.07) is 6.83. The predicted octanol–water partition coefficient (Wildman–Crippen LogP) is 1.89. The molecule has 1 saturated carbocycles. The Balaban J connectivity index is 1.39. The van der Waals surface area contributed by atoms with E-state index in [1.807, 2.05) is 0 Å². The molecule has 25 heavy (non-hydrogen) atoms. The first-order valence-electron chi connectivity index (χ1n) is 9.13. The number of nitro groups is 1. The van der Waals surface area contributed by atoms with Gasteiger partial charge in [-0.15, -0.1) is 0 Å². The molecule has 7 nitrogen and oxygen atoms in total. The number of β-amino-alcohol motifs (C(OH)–C–C–N with tert-alkyl or cyclic N) is 1. The Morgan fingerprint density at radius 2 is 1.96 bits per heavy atom. The summed E-state index contributed by atoms with van der Waals surface area (Å²) >= 11 is 0. The second-order valence-electron chi connectivity index (χ2n) is 6.99. The second-order valence-corrected chi connectivity index (χ2v) is 6.99. The molecule has 0 amide bonds. The van der Waals surface area contributed by atoms with Gasteiger partial charge >= 0.3 is 0 Å². The SMILES string of the molecule is O=[N+]([O-])c1cccc(OCC(O)CN2CCN(C3CCCC3)CC2)c1. The molecule has 0 radical (unpaired) electrons. The first-order valence-corrected chi connectivity index (χ1v) is 9.13. The molecule has 1 aliphatic heterocycles. The molecule has 1 atom stereocenters. The molecule has 2 fully saturated rings. The maximum Gasteiger partial charge on any atom is 0.273 e. The number of nitrogens with zero attached hydrogens (tertiary/aromatic N) is 3. The van der Waals surface area contributed by atoms with E-state index in [2.05, 4.69) is 9.80 Å². The van der Waals surface area contributed by atoms with Gasteiger partial charge in [-0.25, -0.2) is 0 Å². The van der Waals surface area contributed by atoms with Crippen molar-refractivity contribution in [1.82, 2.24) is 9.80 Å². The van der Waals surface area contributed by atoms with E-state index in [9.17, 15) is 15.2 Å². The van der Waals surface area contributed by atoms with Gasteiger partial charge < -0.3 is 9.84 Å². The van der Waals surface area contributed by atoms with E-state index in [0.29, 0.717) is 12.3 Å². The van der Waals surface area contributed by atoms with E-state index in [1.54, 1.807) is 12.1 Å². The summed E-state index contributed by atoms with van der Waals surface area (Å²) < 4.78 is 5.51. The van der Waals surface area contributed by atoms with Crippen LogP contribution in [0.3, 0.4) is 0 Å². The quantitative estimate of drug-likeness (QED) is 0.598. The molecule has 1 aromatic rings. The summed E-state index contributed by atoms with van der Waals surface area (Å²) in [5, 5.41) is 21.0. The Morgan fingerprint density at radius 1 is 1.24 bits per heavy atom. The number of hydrogen-bond donors (Lipinski definition) is 1. The highest BCUT2D eigenvalue weighted by atomic mass is 16.6. The van der Waals surface area contributed by atoms with Crippen LogP contribution >= 0.6 is 0 Å². The molecule has 138 valence electrons. The van der Waals surface area contributed by atoms with Gasteiger partial charge in [0.05, 0.1) is 11.0 Å². The monoisotopic (exact) mass is 349 g/mol. The van der Waals surface area contributed by atoms with Crippen molar-refractivity contribution < 1.29 is 14.8 Å². The number of hydrogen-bond acceptors (Lipinski definition) is 6. The minimum absolute atomic E-state index is 0.00461. The van der Waals surface area contributed by atoms with Crippen molar-refractivity contribution in [2.45, 2.75) is 37.8 Å². The standard InChI is InChI=1S/C18H27N3O4/c22-17(14-25-18-7-3-6-16(12-18)21(23)24)13-19-8-10-20(11-9-19)15-4-1-2-5-15/h3,6-7,12,15,17,22H,1-2,4-5,8-11,13-14H2. The summed E-state index contributed by atoms with van der Waals surface area (Å²) in [7, 11) is 0. The van der Waals surface area contributed by atoms with Gasteiger partial charge in [-0.05, 0) is 18.9 Å². The molecule has 0 aromatic heterocycles. The third-order valence-electron chi connectivity index (χ3n) is 5.19. The first kappa shape index (κ1) is 18.1. The number of rotatable bonds is 7. The van der Waals surface area contributed by atoms with E-state index in [-0.39, 0.29) is 12.3 Å². The van der Waals surface area contributed by atoms with E-state index >= 15 is 0 Å². The molecule has 1 saturated heterocycles. The van der Waals surface area contributed by atoms with Crippen LogP contribution in [0.5, 0.6) is 5.75 Å². The van der Waals surface area contributed by atoms with Gasteiger partial charge in [0, 0.05) is 44.8 Å². The molecular formula is C18H27N3O4. The highest BCUT2D eigenvalue weighted by Crippen LogP contribution is 2.24. The average molecular weight is 349 g/mol. The van der Waals surface area contributed by atoms with Crippen molar-refractivity contribution >= 4 is 5.69 Å². The van der Waals surface area contributed by atoms with Crippen LogP contribution in [0.4, 0.5) is 5.69 Å². The fourth-order valence-corrected chi connectivity index (χ4v) is 3.81. The van der Waals surface area contributed by atoms with Crippen molar-refractivity contribution in [3.63, 3.8) is 0 Å². The second kappa shape index (κ2) is 8.60. The highest BCUT2D eigenvalue weighted by Gasteiger charge is 2.26. The van der Waals surface area contributed by atoms with Crippen LogP contribution in [0.1, 0.15) is 25.7 Å². The Hall–Kier alpha value is -1.70. The summed E-state index contributed by atoms with van der Waals surface area (Å²) in [6.07, 6.45) is 4.79. The number of ether oxygens (including phenoxy) is 1. The molecule has 7 heteroatoms. The summed E-state index contributed by atoms with van der Waals surface area (Å²) in [5.74, 6) is 0.416. The molecule has 1 heterocycles. The van der Waals surface area contributed by atoms with Crippen molar-refractivity contribution in [2.75, 3.05) is 39.3 Å². The Kier molecular flexibility index (Phi) is 6.23. The van der Waals surface area contributed by atoms with Gasteiger partial charge in [-0.1, -0.05) is 18.9 Å². The molecule has 3 rings (SSSR count). The van der Waals surface area contributed by atoms with Gasteiger partial charge in [-0.2, -0.15) is 0 Å². The van der Waals surface area contributed by atoms with Crippen LogP contribution in [-0.2, 0) is 0 Å². The lowest BCUT2D eigenvalue weighted by Gasteiger charge is -2.38. The van der Waals surface area contributed by atoms with Crippen LogP contribution < -0.4 is 4.74 Å². The molecule has 0 spiro atoms. The van der Waals surface area contributed by atoms with Gasteiger partial charge in [0.1, 0.15) is 18.5 Å². The zero-order chi connectivity index (χ0) is 17.6. The molecule has 1 unspecified atom stereocenters. The predicted molar refractivity (Wildman–Crippen MR) is 94.9 cm³/mol. The number of aliphatic hydroxyl groups is 1. The summed E-state index contributed by atoms with van der Waals surface area (Å²) in [5.41, 5.74) is -0.00461. The largest absolute Gasteiger partial charge is 0.491 e. The van der Waals surface area contributed by atoms with Crippen LogP contribution in [-0.4, -0.2) is 71.3 Å². The normalized spacial score (nSPS) is 21.3. The van der Waals surface area contributed by atoms with Crippen LogP contribution in [0.25, 0.3) is 0 Å². The van der Waals surface area contributed by atoms with Crippen molar-refractivity contribution in [2.24, 2.45) is 0 Å². The van der Waals surface area contributed by atoms with Crippen LogP contribution in [0, 0.1) is 10.1 Å². The summed E-state index contributed by atoms with van der Waals surface area (Å²) in [4.78, 5) is 15.2. The number of aliphatic hydroxyl groups excluding tert-OH is 1. The maximum atomic E-state index is 10.8. The zero-order valence-corrected chi connectivity index (χ0v) is 14.5. The highest BCUT2D eigenvalue weighted by molar-refractivity contribution is 5.37. The lowest BCUT2D eigenvalue weighted by molar-refractivity contribution is -0.384. The molecule has 0 bridgehead atoms. The molecule has 1 N–H and O–H groups in total. The number of benzene rings is 1. The lowest BCUT2D eigenvalue weighted by Crippen LogP contribution is -2.51. The minimum Gasteiger partial charge on any atom is -0.491 e. The smallest absolute Gasteiger partial charge is 0.273 e. The molecule has 1 aromatic carbocycles. The van der Waals surface area contributed by atoms with E-state index in [1.165, 1.54) is 37.8 Å². The maximum absolute atomic E-state index is 10.8. The Bertz CT molecular complexity index is 569. The first-order chi connectivity index (χ1) is 12.1. The van der Waals surface area contributed by atoms with E-state index in [0.717, 1.165) is 32.2 Å². The van der Waals surface area contributed by atoms with Gasteiger partial charge in [0.15, 0.2) is 0 Å². The van der Waals surface area contributed by atoms with Crippen molar-refractivity contribution in [3.05, 3.63) is 34.4 Å². The fourth-order valence-electron chi connectivity index (χ4n) is 3.81. The number of non-ortho nitro benzene ring substituents is 1. The average Bonchev–Trinajstić information content (AvgIpc) is 3.15. The van der Waals surface area contributed by atoms with Crippen LogP contribution in [0.15, 0.2) is 24.3 Å². The summed E-state index contributed by atoms with van der Waals surface area (Å²) in [6.45, 7) is 4.82. The lowest BCUT2D eigenvalue weighted by atomic mass is 10.1. The molecular weight excluding hydrogens is 322 g/mol. The van der Waals surface area contributed by atoms with Crippen LogP contribution in [0.2, 0.25) is 0 Å². The Morgan fingerprint density at radius 3 is 2.64 bits per heavy atom. The third kappa shape index (κ3) is 5.14. The van der Waals surface area contributed by atoms with Crippen molar-refractivity contribution in [3.8, 4) is 5.75 Å². The number of nitro benzene ring substituents is 1. The van der Waals surface area contributed by atoms with E-state index < -0.39 is 11.0 Å². The topological polar surface area (TPSA) is 79.1 Å². The van der Waals surface area contributed by atoms with E-state index in [4.69, 9.17) is 4.74 Å². The van der Waals surface area contributed by atoms with Gasteiger partial charge in [0.25, 0.3) is 5.69 Å². The number of piperazine rings is 1. The fraction of sp³-hybridized carbons (Fsp3) is 0.667. The van der Waals surface area contributed by atoms with Gasteiger partial charge in [-0.3, -0.25) is 19.9 Å². The van der Waals surface area contributed by atoms with Crippen molar-refractivity contribution in [1.29, 1.82) is 0 Å². The zero-order valence-electron chi connectivity index (χ0n) is 14.5.